The Kier molecular flexibility index (Phi) is 3.43. The minimum Gasteiger partial charge on any atom is -0.295 e. The van der Waals surface area contributed by atoms with Crippen molar-refractivity contribution in [2.24, 2.45) is 0 Å². The number of halogens is 1. The molecule has 0 aliphatic rings. The van der Waals surface area contributed by atoms with Gasteiger partial charge in [-0.2, -0.15) is 0 Å². The van der Waals surface area contributed by atoms with Crippen molar-refractivity contribution in [2.45, 2.75) is 13.8 Å². The monoisotopic (exact) mass is 238 g/mol. The Hall–Kier alpha value is -0.890. The van der Waals surface area contributed by atoms with Crippen LogP contribution in [-0.4, -0.2) is 5.78 Å². The van der Waals surface area contributed by atoms with Crippen LogP contribution in [0, 0.1) is 6.92 Å². The number of benzene rings is 1. The van der Waals surface area contributed by atoms with Gasteiger partial charge in [-0.1, -0.05) is 28.1 Å². The van der Waals surface area contributed by atoms with Crippen molar-refractivity contribution in [1.82, 2.24) is 0 Å². The lowest BCUT2D eigenvalue weighted by Gasteiger charge is -1.97. The molecule has 0 bridgehead atoms. The van der Waals surface area contributed by atoms with Crippen molar-refractivity contribution in [3.8, 4) is 0 Å². The Morgan fingerprint density at radius 2 is 2.08 bits per heavy atom. The quantitative estimate of drug-likeness (QED) is 0.723. The Morgan fingerprint density at radius 1 is 1.38 bits per heavy atom. The van der Waals surface area contributed by atoms with Gasteiger partial charge in [-0.15, -0.1) is 0 Å². The molecule has 0 heterocycles. The van der Waals surface area contributed by atoms with E-state index in [-0.39, 0.29) is 5.78 Å². The van der Waals surface area contributed by atoms with Crippen molar-refractivity contribution >= 4 is 27.8 Å². The zero-order valence-corrected chi connectivity index (χ0v) is 9.26. The molecule has 0 amide bonds. The van der Waals surface area contributed by atoms with E-state index in [0.29, 0.717) is 0 Å². The van der Waals surface area contributed by atoms with E-state index in [2.05, 4.69) is 15.9 Å². The molecule has 0 aliphatic heterocycles. The van der Waals surface area contributed by atoms with E-state index >= 15 is 0 Å². The highest BCUT2D eigenvalue weighted by Crippen LogP contribution is 2.16. The van der Waals surface area contributed by atoms with E-state index < -0.39 is 0 Å². The highest BCUT2D eigenvalue weighted by molar-refractivity contribution is 9.10. The molecule has 0 radical (unpaired) electrons. The molecule has 0 aliphatic carbocycles. The maximum atomic E-state index is 10.7. The average Bonchev–Trinajstić information content (AvgIpc) is 1.99. The van der Waals surface area contributed by atoms with Crippen molar-refractivity contribution in [3.05, 3.63) is 39.9 Å². The van der Waals surface area contributed by atoms with Crippen LogP contribution in [0.1, 0.15) is 18.1 Å². The van der Waals surface area contributed by atoms with E-state index in [9.17, 15) is 4.79 Å². The van der Waals surface area contributed by atoms with Gasteiger partial charge < -0.3 is 0 Å². The van der Waals surface area contributed by atoms with Gasteiger partial charge in [-0.25, -0.2) is 0 Å². The SMILES string of the molecule is CC(=O)/C=C/c1cc(C)cc(Br)c1. The van der Waals surface area contributed by atoms with Crippen molar-refractivity contribution in [2.75, 3.05) is 0 Å². The maximum absolute atomic E-state index is 10.7. The molecule has 13 heavy (non-hydrogen) atoms. The molecule has 1 nitrogen and oxygen atoms in total. The van der Waals surface area contributed by atoms with Crippen LogP contribution in [0.15, 0.2) is 28.7 Å². The Bertz CT molecular complexity index is 333. The molecule has 1 rings (SSSR count). The molecule has 1 aromatic rings. The van der Waals surface area contributed by atoms with Crippen LogP contribution in [0.2, 0.25) is 0 Å². The summed E-state index contributed by atoms with van der Waals surface area (Å²) in [6.45, 7) is 3.57. The summed E-state index contributed by atoms with van der Waals surface area (Å²) < 4.78 is 1.04. The topological polar surface area (TPSA) is 17.1 Å². The van der Waals surface area contributed by atoms with E-state index in [1.165, 1.54) is 5.56 Å². The maximum Gasteiger partial charge on any atom is 0.152 e. The van der Waals surface area contributed by atoms with Gasteiger partial charge in [-0.05, 0) is 43.2 Å². The molecule has 0 aromatic heterocycles. The first-order valence-corrected chi connectivity index (χ1v) is 4.83. The molecule has 0 fully saturated rings. The van der Waals surface area contributed by atoms with E-state index in [4.69, 9.17) is 0 Å². The Labute approximate surface area is 86.6 Å². The number of aryl methyl sites for hydroxylation is 1. The fourth-order valence-corrected chi connectivity index (χ4v) is 1.70. The number of carbonyl (C=O) groups is 1. The minimum atomic E-state index is 0.0672. The van der Waals surface area contributed by atoms with Crippen LogP contribution >= 0.6 is 15.9 Å². The third-order valence-corrected chi connectivity index (χ3v) is 2.03. The van der Waals surface area contributed by atoms with E-state index in [1.807, 2.05) is 31.2 Å². The first kappa shape index (κ1) is 10.2. The average molecular weight is 239 g/mol. The van der Waals surface area contributed by atoms with Gasteiger partial charge in [0, 0.05) is 4.47 Å². The van der Waals surface area contributed by atoms with Crippen molar-refractivity contribution in [1.29, 1.82) is 0 Å². The molecule has 0 saturated carbocycles. The molecular formula is C11H11BrO. The number of hydrogen-bond acceptors (Lipinski definition) is 1. The Balaban J connectivity index is 2.95. The van der Waals surface area contributed by atoms with E-state index in [0.717, 1.165) is 10.0 Å². The highest BCUT2D eigenvalue weighted by atomic mass is 79.9. The predicted octanol–water partition coefficient (Wildman–Crippen LogP) is 3.36. The summed E-state index contributed by atoms with van der Waals surface area (Å²) in [5.41, 5.74) is 2.22. The fourth-order valence-electron chi connectivity index (χ4n) is 1.07. The van der Waals surface area contributed by atoms with Crippen LogP contribution in [0.25, 0.3) is 6.08 Å². The molecule has 68 valence electrons. The molecule has 0 saturated heterocycles. The summed E-state index contributed by atoms with van der Waals surface area (Å²) in [6, 6.07) is 6.04. The number of ketones is 1. The van der Waals surface area contributed by atoms with Gasteiger partial charge in [0.2, 0.25) is 0 Å². The van der Waals surface area contributed by atoms with Crippen LogP contribution < -0.4 is 0 Å². The van der Waals surface area contributed by atoms with Gasteiger partial charge in [0.05, 0.1) is 0 Å². The first-order chi connectivity index (χ1) is 6.08. The second-order valence-corrected chi connectivity index (χ2v) is 3.92. The summed E-state index contributed by atoms with van der Waals surface area (Å²) >= 11 is 3.40. The molecule has 0 unspecified atom stereocenters. The van der Waals surface area contributed by atoms with Gasteiger partial charge in [-0.3, -0.25) is 4.79 Å². The normalized spacial score (nSPS) is 10.7. The summed E-state index contributed by atoms with van der Waals surface area (Å²) in [6.07, 6.45) is 3.39. The summed E-state index contributed by atoms with van der Waals surface area (Å²) in [7, 11) is 0. The molecule has 0 atom stereocenters. The molecule has 0 N–H and O–H groups in total. The summed E-state index contributed by atoms with van der Waals surface area (Å²) in [5, 5.41) is 0. The fraction of sp³-hybridized carbons (Fsp3) is 0.182. The zero-order valence-electron chi connectivity index (χ0n) is 7.67. The van der Waals surface area contributed by atoms with Crippen LogP contribution in [0.5, 0.6) is 0 Å². The zero-order chi connectivity index (χ0) is 9.84. The predicted molar refractivity (Wildman–Crippen MR) is 58.6 cm³/mol. The van der Waals surface area contributed by atoms with Gasteiger partial charge in [0.25, 0.3) is 0 Å². The molecular weight excluding hydrogens is 228 g/mol. The van der Waals surface area contributed by atoms with Gasteiger partial charge in [0.1, 0.15) is 0 Å². The van der Waals surface area contributed by atoms with Gasteiger partial charge in [0.15, 0.2) is 5.78 Å². The molecule has 0 spiro atoms. The van der Waals surface area contributed by atoms with Crippen molar-refractivity contribution in [3.63, 3.8) is 0 Å². The lowest BCUT2D eigenvalue weighted by molar-refractivity contribution is -0.112. The summed E-state index contributed by atoms with van der Waals surface area (Å²) in [5.74, 6) is 0.0672. The third kappa shape index (κ3) is 3.55. The molecule has 2 heteroatoms. The standard InChI is InChI=1S/C11H11BrO/c1-8-5-10(4-3-9(2)13)7-11(12)6-8/h3-7H,1-2H3/b4-3+. The lowest BCUT2D eigenvalue weighted by atomic mass is 10.1. The van der Waals surface area contributed by atoms with E-state index in [1.54, 1.807) is 13.0 Å². The van der Waals surface area contributed by atoms with Crippen LogP contribution in [0.4, 0.5) is 0 Å². The number of rotatable bonds is 2. The number of carbonyl (C=O) groups excluding carboxylic acids is 1. The highest BCUT2D eigenvalue weighted by Gasteiger charge is 1.93. The van der Waals surface area contributed by atoms with Crippen LogP contribution in [-0.2, 0) is 4.79 Å². The minimum absolute atomic E-state index is 0.0672. The van der Waals surface area contributed by atoms with Crippen molar-refractivity contribution < 1.29 is 4.79 Å². The second kappa shape index (κ2) is 4.38. The number of hydrogen-bond donors (Lipinski definition) is 0. The first-order valence-electron chi connectivity index (χ1n) is 4.04. The second-order valence-electron chi connectivity index (χ2n) is 3.01. The summed E-state index contributed by atoms with van der Waals surface area (Å²) in [4.78, 5) is 10.7. The van der Waals surface area contributed by atoms with Gasteiger partial charge >= 0.3 is 0 Å². The number of allylic oxidation sites excluding steroid dienone is 1. The lowest BCUT2D eigenvalue weighted by Crippen LogP contribution is -1.81. The smallest absolute Gasteiger partial charge is 0.152 e. The Morgan fingerprint density at radius 3 is 2.62 bits per heavy atom. The largest absolute Gasteiger partial charge is 0.295 e. The van der Waals surface area contributed by atoms with Crippen LogP contribution in [0.3, 0.4) is 0 Å². The third-order valence-electron chi connectivity index (χ3n) is 1.57. The molecule has 1 aromatic carbocycles.